The van der Waals surface area contributed by atoms with Crippen LogP contribution >= 0.6 is 23.1 Å². The van der Waals surface area contributed by atoms with E-state index in [0.29, 0.717) is 0 Å². The Morgan fingerprint density at radius 1 is 1.08 bits per heavy atom. The highest BCUT2D eigenvalue weighted by molar-refractivity contribution is 8.00. The standard InChI is InChI=1S/C27H31N3O5S2/c1-3-29(4-2)14-9-7-13(8-10-14)18-19-15-12-16(22(19)36-24-23(18)37-27(35)28-24)21-20(15)25(33)30(26(21)34)11-5-6-17(31)32/h7-10,15-16,18-22H,3-6,11-12H2,1-2H3,(H,28,35)(H,31,32)/t15-,16+,18+,19-,20+,21+,22-/m1/s1. The quantitative estimate of drug-likeness (QED) is 0.491. The first-order chi connectivity index (χ1) is 17.8. The molecule has 8 nitrogen and oxygen atoms in total. The summed E-state index contributed by atoms with van der Waals surface area (Å²) in [4.78, 5) is 58.0. The van der Waals surface area contributed by atoms with Gasteiger partial charge in [-0.1, -0.05) is 23.5 Å². The minimum absolute atomic E-state index is 0.0101. The van der Waals surface area contributed by atoms with Gasteiger partial charge in [0.05, 0.1) is 16.9 Å². The Balaban J connectivity index is 1.35. The number of H-pyrrole nitrogens is 1. The lowest BCUT2D eigenvalue weighted by Gasteiger charge is -2.43. The number of aliphatic carboxylic acids is 1. The first kappa shape index (κ1) is 24.7. The second kappa shape index (κ2) is 9.31. The van der Waals surface area contributed by atoms with Gasteiger partial charge < -0.3 is 15.0 Å². The van der Waals surface area contributed by atoms with E-state index in [1.54, 1.807) is 11.8 Å². The highest BCUT2D eigenvalue weighted by Gasteiger charge is 2.69. The molecule has 2 saturated carbocycles. The lowest BCUT2D eigenvalue weighted by Crippen LogP contribution is -2.42. The van der Waals surface area contributed by atoms with Crippen LogP contribution in [0.2, 0.25) is 0 Å². The van der Waals surface area contributed by atoms with E-state index in [2.05, 4.69) is 48.0 Å². The predicted molar refractivity (Wildman–Crippen MR) is 142 cm³/mol. The Kier molecular flexibility index (Phi) is 6.22. The molecule has 2 aromatic rings. The fourth-order valence-electron chi connectivity index (χ4n) is 7.54. The number of hydrogen-bond acceptors (Lipinski definition) is 7. The number of benzene rings is 1. The Hall–Kier alpha value is -2.59. The smallest absolute Gasteiger partial charge is 0.305 e. The molecule has 10 heteroatoms. The molecular weight excluding hydrogens is 510 g/mol. The minimum Gasteiger partial charge on any atom is -0.481 e. The van der Waals surface area contributed by atoms with Gasteiger partial charge in [-0.25, -0.2) is 0 Å². The third-order valence-electron chi connectivity index (χ3n) is 8.97. The van der Waals surface area contributed by atoms with Crippen molar-refractivity contribution in [1.82, 2.24) is 9.88 Å². The highest BCUT2D eigenvalue weighted by atomic mass is 32.2. The maximum atomic E-state index is 13.5. The number of thioether (sulfide) groups is 1. The van der Waals surface area contributed by atoms with Crippen molar-refractivity contribution in [3.63, 3.8) is 0 Å². The monoisotopic (exact) mass is 541 g/mol. The summed E-state index contributed by atoms with van der Waals surface area (Å²) in [6.45, 7) is 6.31. The largest absolute Gasteiger partial charge is 0.481 e. The van der Waals surface area contributed by atoms with Gasteiger partial charge >= 0.3 is 10.8 Å². The summed E-state index contributed by atoms with van der Waals surface area (Å²) < 4.78 is 0. The van der Waals surface area contributed by atoms with E-state index in [0.717, 1.165) is 35.0 Å². The number of aromatic amines is 1. The minimum atomic E-state index is -0.920. The van der Waals surface area contributed by atoms with E-state index in [4.69, 9.17) is 5.11 Å². The van der Waals surface area contributed by atoms with Crippen LogP contribution in [0.1, 0.15) is 49.5 Å². The van der Waals surface area contributed by atoms with Crippen molar-refractivity contribution in [3.05, 3.63) is 44.4 Å². The number of amides is 2. The zero-order valence-corrected chi connectivity index (χ0v) is 22.5. The predicted octanol–water partition coefficient (Wildman–Crippen LogP) is 3.62. The van der Waals surface area contributed by atoms with E-state index in [9.17, 15) is 19.2 Å². The number of thiazole rings is 1. The Labute approximate surface area is 223 Å². The van der Waals surface area contributed by atoms with Crippen LogP contribution in [0.25, 0.3) is 0 Å². The van der Waals surface area contributed by atoms with Gasteiger partial charge in [0.2, 0.25) is 11.8 Å². The SMILES string of the molecule is CCN(CC)c1ccc([C@@H]2c3sc(=O)[nH]c3S[C@@H]3[C@H]4C[C@@H]([C@@H]5C(=O)N(CCCC(=O)O)C(=O)[C@@H]45)[C@H]23)cc1. The number of hydrogen-bond donors (Lipinski definition) is 2. The number of fused-ring (bicyclic) bond motifs is 9. The summed E-state index contributed by atoms with van der Waals surface area (Å²) in [6.07, 6.45) is 1.08. The number of carbonyl (C=O) groups is 3. The molecule has 2 N–H and O–H groups in total. The van der Waals surface area contributed by atoms with Crippen LogP contribution in [-0.2, 0) is 14.4 Å². The molecule has 2 aliphatic heterocycles. The second-order valence-corrected chi connectivity index (χ2v) is 12.8. The first-order valence-electron chi connectivity index (χ1n) is 13.2. The number of carboxylic acid groups (broad SMARTS) is 1. The van der Waals surface area contributed by atoms with Gasteiger partial charge in [0, 0.05) is 47.8 Å². The molecular formula is C27H31N3O5S2. The van der Waals surface area contributed by atoms with Crippen LogP contribution in [-0.4, -0.2) is 57.7 Å². The normalized spacial score (nSPS) is 31.4. The molecule has 2 aliphatic carbocycles. The van der Waals surface area contributed by atoms with E-state index >= 15 is 0 Å². The van der Waals surface area contributed by atoms with E-state index in [-0.39, 0.29) is 76.8 Å². The summed E-state index contributed by atoms with van der Waals surface area (Å²) in [5, 5.41) is 10.1. The van der Waals surface area contributed by atoms with Crippen molar-refractivity contribution in [1.29, 1.82) is 0 Å². The van der Waals surface area contributed by atoms with Gasteiger partial charge in [0.1, 0.15) is 0 Å². The summed E-state index contributed by atoms with van der Waals surface area (Å²) in [5.74, 6) is -1.49. The molecule has 37 heavy (non-hydrogen) atoms. The number of nitrogens with zero attached hydrogens (tertiary/aromatic N) is 2. The van der Waals surface area contributed by atoms with Crippen LogP contribution in [0.15, 0.2) is 34.1 Å². The van der Waals surface area contributed by atoms with Crippen LogP contribution in [0.3, 0.4) is 0 Å². The molecule has 4 aliphatic rings. The van der Waals surface area contributed by atoms with Gasteiger partial charge in [0.25, 0.3) is 0 Å². The van der Waals surface area contributed by atoms with Crippen LogP contribution in [0.4, 0.5) is 5.69 Å². The van der Waals surface area contributed by atoms with Crippen molar-refractivity contribution >= 4 is 46.6 Å². The van der Waals surface area contributed by atoms with Gasteiger partial charge in [-0.15, -0.1) is 11.8 Å². The number of likely N-dealkylation sites (tertiary alicyclic amines) is 1. The average molecular weight is 542 g/mol. The van der Waals surface area contributed by atoms with Gasteiger partial charge in [0.15, 0.2) is 0 Å². The van der Waals surface area contributed by atoms with Crippen molar-refractivity contribution in [3.8, 4) is 0 Å². The number of nitrogens with one attached hydrogen (secondary N) is 1. The topological polar surface area (TPSA) is 111 Å². The molecule has 1 aromatic heterocycles. The molecule has 3 fully saturated rings. The Morgan fingerprint density at radius 3 is 2.41 bits per heavy atom. The van der Waals surface area contributed by atoms with Crippen molar-refractivity contribution in [2.45, 2.75) is 49.3 Å². The van der Waals surface area contributed by atoms with Crippen molar-refractivity contribution in [2.24, 2.45) is 29.6 Å². The lowest BCUT2D eigenvalue weighted by molar-refractivity contribution is -0.142. The van der Waals surface area contributed by atoms with E-state index in [1.165, 1.54) is 21.9 Å². The molecule has 7 atom stereocenters. The van der Waals surface area contributed by atoms with Crippen LogP contribution < -0.4 is 9.77 Å². The maximum Gasteiger partial charge on any atom is 0.305 e. The Bertz CT molecular complexity index is 1300. The van der Waals surface area contributed by atoms with Crippen molar-refractivity contribution < 1.29 is 19.5 Å². The third kappa shape index (κ3) is 3.78. The fraction of sp³-hybridized carbons (Fsp3) is 0.556. The highest BCUT2D eigenvalue weighted by Crippen LogP contribution is 2.68. The molecule has 0 unspecified atom stereocenters. The van der Waals surface area contributed by atoms with Crippen LogP contribution in [0.5, 0.6) is 0 Å². The summed E-state index contributed by atoms with van der Waals surface area (Å²) >= 11 is 2.96. The molecule has 2 bridgehead atoms. The average Bonchev–Trinajstić information content (AvgIpc) is 3.60. The molecule has 6 rings (SSSR count). The molecule has 1 aromatic carbocycles. The number of rotatable bonds is 8. The molecule has 0 spiro atoms. The Morgan fingerprint density at radius 2 is 1.76 bits per heavy atom. The molecule has 2 amide bonds. The number of carboxylic acids is 1. The van der Waals surface area contributed by atoms with Gasteiger partial charge in [-0.2, -0.15) is 0 Å². The number of aromatic nitrogens is 1. The number of carbonyl (C=O) groups excluding carboxylic acids is 2. The zero-order valence-electron chi connectivity index (χ0n) is 20.9. The summed E-state index contributed by atoms with van der Waals surface area (Å²) in [6, 6.07) is 8.64. The summed E-state index contributed by atoms with van der Waals surface area (Å²) in [7, 11) is 0. The van der Waals surface area contributed by atoms with Gasteiger partial charge in [-0.3, -0.25) is 24.1 Å². The molecule has 3 heterocycles. The third-order valence-corrected chi connectivity index (χ3v) is 11.6. The lowest BCUT2D eigenvalue weighted by atomic mass is 9.68. The zero-order chi connectivity index (χ0) is 26.0. The molecule has 1 saturated heterocycles. The fourth-order valence-corrected chi connectivity index (χ4v) is 10.4. The van der Waals surface area contributed by atoms with E-state index < -0.39 is 5.97 Å². The molecule has 0 radical (unpaired) electrons. The number of anilines is 1. The summed E-state index contributed by atoms with van der Waals surface area (Å²) in [5.41, 5.74) is 2.32. The van der Waals surface area contributed by atoms with Crippen molar-refractivity contribution in [2.75, 3.05) is 24.5 Å². The first-order valence-corrected chi connectivity index (χ1v) is 14.8. The maximum absolute atomic E-state index is 13.5. The second-order valence-electron chi connectivity index (χ2n) is 10.5. The van der Waals surface area contributed by atoms with Gasteiger partial charge in [-0.05, 0) is 62.1 Å². The van der Waals surface area contributed by atoms with E-state index in [1.807, 2.05) is 0 Å². The van der Waals surface area contributed by atoms with Crippen LogP contribution in [0, 0.1) is 29.6 Å². The molecule has 196 valence electrons. The number of imide groups is 1.